The highest BCUT2D eigenvalue weighted by atomic mass is 19.1. The lowest BCUT2D eigenvalue weighted by molar-refractivity contribution is 0.639. The smallest absolute Gasteiger partial charge is 0.140 e. The molecule has 0 saturated carbocycles. The first-order valence-electron chi connectivity index (χ1n) is 5.86. The van der Waals surface area contributed by atoms with Gasteiger partial charge in [-0.25, -0.2) is 9.37 Å². The lowest BCUT2D eigenvalue weighted by Gasteiger charge is -2.05. The SMILES string of the molecule is N#Cc1cc(Cn2ccc3c(F)cccc32)ccn1. The van der Waals surface area contributed by atoms with Crippen LogP contribution in [-0.4, -0.2) is 9.55 Å². The fraction of sp³-hybridized carbons (Fsp3) is 0.0667. The van der Waals surface area contributed by atoms with Crippen molar-refractivity contribution in [3.63, 3.8) is 0 Å². The Morgan fingerprint density at radius 3 is 3.00 bits per heavy atom. The van der Waals surface area contributed by atoms with Gasteiger partial charge >= 0.3 is 0 Å². The molecule has 0 amide bonds. The number of nitriles is 1. The summed E-state index contributed by atoms with van der Waals surface area (Å²) in [6.45, 7) is 0.587. The average molecular weight is 251 g/mol. The third-order valence-electron chi connectivity index (χ3n) is 3.05. The molecule has 0 aliphatic rings. The maximum absolute atomic E-state index is 13.6. The summed E-state index contributed by atoms with van der Waals surface area (Å²) in [6.07, 6.45) is 3.46. The molecule has 92 valence electrons. The minimum absolute atomic E-state index is 0.219. The summed E-state index contributed by atoms with van der Waals surface area (Å²) < 4.78 is 15.5. The van der Waals surface area contributed by atoms with E-state index in [0.717, 1.165) is 11.1 Å². The molecule has 0 fully saturated rings. The first kappa shape index (κ1) is 11.4. The molecule has 0 spiro atoms. The van der Waals surface area contributed by atoms with E-state index in [2.05, 4.69) is 4.98 Å². The van der Waals surface area contributed by atoms with Gasteiger partial charge in [0.1, 0.15) is 17.6 Å². The molecule has 0 unspecified atom stereocenters. The Bertz CT molecular complexity index is 783. The van der Waals surface area contributed by atoms with Crippen molar-refractivity contribution in [1.29, 1.82) is 5.26 Å². The van der Waals surface area contributed by atoms with E-state index in [-0.39, 0.29) is 5.82 Å². The highest BCUT2D eigenvalue weighted by molar-refractivity contribution is 5.80. The van der Waals surface area contributed by atoms with Crippen LogP contribution in [0.1, 0.15) is 11.3 Å². The van der Waals surface area contributed by atoms with Crippen molar-refractivity contribution in [2.45, 2.75) is 6.54 Å². The van der Waals surface area contributed by atoms with Gasteiger partial charge in [0.05, 0.1) is 5.52 Å². The second-order valence-electron chi connectivity index (χ2n) is 4.28. The van der Waals surface area contributed by atoms with Crippen LogP contribution in [0.15, 0.2) is 48.8 Å². The Morgan fingerprint density at radius 2 is 2.16 bits per heavy atom. The number of fused-ring (bicyclic) bond motifs is 1. The van der Waals surface area contributed by atoms with Crippen LogP contribution >= 0.6 is 0 Å². The second kappa shape index (κ2) is 4.54. The van der Waals surface area contributed by atoms with Crippen molar-refractivity contribution >= 4 is 10.9 Å². The van der Waals surface area contributed by atoms with E-state index in [1.165, 1.54) is 6.07 Å². The molecule has 0 saturated heterocycles. The Morgan fingerprint density at radius 1 is 1.26 bits per heavy atom. The normalized spacial score (nSPS) is 10.5. The van der Waals surface area contributed by atoms with Gasteiger partial charge in [0.15, 0.2) is 0 Å². The zero-order valence-electron chi connectivity index (χ0n) is 10.0. The van der Waals surface area contributed by atoms with E-state index >= 15 is 0 Å². The molecular formula is C15H10FN3. The topological polar surface area (TPSA) is 41.6 Å². The quantitative estimate of drug-likeness (QED) is 0.702. The fourth-order valence-electron chi connectivity index (χ4n) is 2.15. The predicted octanol–water partition coefficient (Wildman–Crippen LogP) is 3.10. The standard InChI is InChI=1S/C15H10FN3/c16-14-2-1-3-15-13(14)5-7-19(15)10-11-4-6-18-12(8-11)9-17/h1-8H,10H2. The van der Waals surface area contributed by atoms with Crippen LogP contribution in [0.25, 0.3) is 10.9 Å². The largest absolute Gasteiger partial charge is 0.343 e. The summed E-state index contributed by atoms with van der Waals surface area (Å²) in [4.78, 5) is 3.93. The zero-order chi connectivity index (χ0) is 13.2. The molecule has 0 aliphatic carbocycles. The number of nitrogens with zero attached hydrogens (tertiary/aromatic N) is 3. The van der Waals surface area contributed by atoms with Gasteiger partial charge in [-0.15, -0.1) is 0 Å². The monoisotopic (exact) mass is 251 g/mol. The molecule has 0 bridgehead atoms. The maximum atomic E-state index is 13.6. The summed E-state index contributed by atoms with van der Waals surface area (Å²) in [5, 5.41) is 9.44. The predicted molar refractivity (Wildman–Crippen MR) is 70.0 cm³/mol. The lowest BCUT2D eigenvalue weighted by Crippen LogP contribution is -1.99. The second-order valence-corrected chi connectivity index (χ2v) is 4.28. The molecule has 0 aliphatic heterocycles. The molecule has 0 N–H and O–H groups in total. The van der Waals surface area contributed by atoms with Crippen molar-refractivity contribution in [1.82, 2.24) is 9.55 Å². The van der Waals surface area contributed by atoms with Crippen LogP contribution < -0.4 is 0 Å². The zero-order valence-corrected chi connectivity index (χ0v) is 10.0. The third-order valence-corrected chi connectivity index (χ3v) is 3.05. The van der Waals surface area contributed by atoms with Gasteiger partial charge in [0.2, 0.25) is 0 Å². The third kappa shape index (κ3) is 2.06. The van der Waals surface area contributed by atoms with Gasteiger partial charge in [0, 0.05) is 24.3 Å². The van der Waals surface area contributed by atoms with Crippen molar-refractivity contribution in [2.75, 3.05) is 0 Å². The number of rotatable bonds is 2. The van der Waals surface area contributed by atoms with Gasteiger partial charge in [-0.3, -0.25) is 0 Å². The Labute approximate surface area is 109 Å². The van der Waals surface area contributed by atoms with E-state index in [4.69, 9.17) is 5.26 Å². The molecule has 2 aromatic heterocycles. The Kier molecular flexibility index (Phi) is 2.73. The lowest BCUT2D eigenvalue weighted by atomic mass is 10.2. The molecule has 3 nitrogen and oxygen atoms in total. The van der Waals surface area contributed by atoms with Crippen LogP contribution in [0, 0.1) is 17.1 Å². The van der Waals surface area contributed by atoms with Gasteiger partial charge in [0.25, 0.3) is 0 Å². The fourth-order valence-corrected chi connectivity index (χ4v) is 2.15. The molecule has 3 rings (SSSR count). The molecule has 2 heterocycles. The number of aromatic nitrogens is 2. The number of hydrogen-bond acceptors (Lipinski definition) is 2. The molecular weight excluding hydrogens is 241 g/mol. The highest BCUT2D eigenvalue weighted by Gasteiger charge is 2.06. The van der Waals surface area contributed by atoms with Crippen LogP contribution in [-0.2, 0) is 6.54 Å². The number of pyridine rings is 1. The Hall–Kier alpha value is -2.67. The van der Waals surface area contributed by atoms with E-state index in [0.29, 0.717) is 17.6 Å². The number of benzene rings is 1. The molecule has 0 atom stereocenters. The first-order valence-corrected chi connectivity index (χ1v) is 5.86. The van der Waals surface area contributed by atoms with Gasteiger partial charge in [-0.2, -0.15) is 5.26 Å². The van der Waals surface area contributed by atoms with Crippen LogP contribution in [0.5, 0.6) is 0 Å². The molecule has 19 heavy (non-hydrogen) atoms. The van der Waals surface area contributed by atoms with Crippen LogP contribution in [0.4, 0.5) is 4.39 Å². The van der Waals surface area contributed by atoms with Crippen LogP contribution in [0.3, 0.4) is 0 Å². The first-order chi connectivity index (χ1) is 9.28. The average Bonchev–Trinajstić information content (AvgIpc) is 2.84. The van der Waals surface area contributed by atoms with E-state index in [1.54, 1.807) is 24.4 Å². The number of hydrogen-bond donors (Lipinski definition) is 0. The summed E-state index contributed by atoms with van der Waals surface area (Å²) in [5.41, 5.74) is 2.20. The minimum Gasteiger partial charge on any atom is -0.343 e. The van der Waals surface area contributed by atoms with Gasteiger partial charge < -0.3 is 4.57 Å². The summed E-state index contributed by atoms with van der Waals surface area (Å²) in [7, 11) is 0. The van der Waals surface area contributed by atoms with Crippen molar-refractivity contribution in [3.8, 4) is 6.07 Å². The number of halogens is 1. The minimum atomic E-state index is -0.219. The van der Waals surface area contributed by atoms with E-state index in [9.17, 15) is 4.39 Å². The van der Waals surface area contributed by atoms with Crippen molar-refractivity contribution in [3.05, 3.63) is 65.9 Å². The maximum Gasteiger partial charge on any atom is 0.140 e. The van der Waals surface area contributed by atoms with Crippen molar-refractivity contribution in [2.24, 2.45) is 0 Å². The van der Waals surface area contributed by atoms with Crippen LogP contribution in [0.2, 0.25) is 0 Å². The van der Waals surface area contributed by atoms with E-state index in [1.807, 2.05) is 29.0 Å². The molecule has 3 aromatic rings. The molecule has 4 heteroatoms. The van der Waals surface area contributed by atoms with Gasteiger partial charge in [-0.05, 0) is 35.9 Å². The van der Waals surface area contributed by atoms with Crippen molar-refractivity contribution < 1.29 is 4.39 Å². The van der Waals surface area contributed by atoms with Gasteiger partial charge in [-0.1, -0.05) is 6.07 Å². The Balaban J connectivity index is 2.02. The summed E-state index contributed by atoms with van der Waals surface area (Å²) in [6, 6.07) is 12.4. The molecule has 1 aromatic carbocycles. The van der Waals surface area contributed by atoms with E-state index < -0.39 is 0 Å². The summed E-state index contributed by atoms with van der Waals surface area (Å²) >= 11 is 0. The molecule has 0 radical (unpaired) electrons. The highest BCUT2D eigenvalue weighted by Crippen LogP contribution is 2.20. The summed E-state index contributed by atoms with van der Waals surface area (Å²) in [5.74, 6) is -0.219.